The maximum atomic E-state index is 12.6. The van der Waals surface area contributed by atoms with Gasteiger partial charge in [-0.05, 0) is 43.9 Å². The largest absolute Gasteiger partial charge is 0.465 e. The maximum Gasteiger partial charge on any atom is 0.310 e. The summed E-state index contributed by atoms with van der Waals surface area (Å²) in [5, 5.41) is 0. The van der Waals surface area contributed by atoms with E-state index in [-0.39, 0.29) is 23.8 Å². The van der Waals surface area contributed by atoms with Gasteiger partial charge in [-0.2, -0.15) is 0 Å². The molecule has 1 aliphatic carbocycles. The van der Waals surface area contributed by atoms with Gasteiger partial charge in [0.25, 0.3) is 0 Å². The van der Waals surface area contributed by atoms with Gasteiger partial charge in [0.1, 0.15) is 6.61 Å². The van der Waals surface area contributed by atoms with E-state index in [4.69, 9.17) is 9.47 Å². The van der Waals surface area contributed by atoms with Crippen molar-refractivity contribution in [3.05, 3.63) is 12.2 Å². The van der Waals surface area contributed by atoms with Crippen molar-refractivity contribution in [1.82, 2.24) is 0 Å². The highest BCUT2D eigenvalue weighted by atomic mass is 16.5. The number of rotatable bonds is 16. The Morgan fingerprint density at radius 1 is 0.742 bits per heavy atom. The van der Waals surface area contributed by atoms with Gasteiger partial charge < -0.3 is 9.47 Å². The lowest BCUT2D eigenvalue weighted by Crippen LogP contribution is -2.35. The third-order valence-corrected chi connectivity index (χ3v) is 6.18. The van der Waals surface area contributed by atoms with Crippen LogP contribution in [0.3, 0.4) is 0 Å². The average Bonchev–Trinajstić information content (AvgIpc) is 2.74. The Morgan fingerprint density at radius 3 is 1.90 bits per heavy atom. The van der Waals surface area contributed by atoms with Crippen molar-refractivity contribution in [3.63, 3.8) is 0 Å². The standard InChI is InChI=1S/C27H48O4/c1-22(2)16-10-6-5-8-14-20-30-26(28)24-18-12-13-19-25(24)27(29)31-21-15-9-7-11-17-23(3)4/h8,14,22-25H,5-7,9-13,15-21H2,1-4H3/b14-8-. The molecule has 0 spiro atoms. The minimum Gasteiger partial charge on any atom is -0.465 e. The van der Waals surface area contributed by atoms with Crippen LogP contribution in [0.25, 0.3) is 0 Å². The fraction of sp³-hybridized carbons (Fsp3) is 0.852. The minimum absolute atomic E-state index is 0.204. The number of carbonyl (C=O) groups excluding carboxylic acids is 2. The average molecular weight is 437 g/mol. The lowest BCUT2D eigenvalue weighted by molar-refractivity contribution is -0.162. The second kappa shape index (κ2) is 17.3. The summed E-state index contributed by atoms with van der Waals surface area (Å²) in [6.45, 7) is 9.77. The quantitative estimate of drug-likeness (QED) is 0.145. The molecule has 0 N–H and O–H groups in total. The molecule has 1 fully saturated rings. The van der Waals surface area contributed by atoms with Gasteiger partial charge in [0.2, 0.25) is 0 Å². The zero-order chi connectivity index (χ0) is 22.9. The van der Waals surface area contributed by atoms with Gasteiger partial charge in [-0.15, -0.1) is 0 Å². The first-order valence-electron chi connectivity index (χ1n) is 12.9. The van der Waals surface area contributed by atoms with Gasteiger partial charge in [0, 0.05) is 0 Å². The van der Waals surface area contributed by atoms with Crippen molar-refractivity contribution in [2.24, 2.45) is 23.7 Å². The van der Waals surface area contributed by atoms with Crippen LogP contribution in [0.4, 0.5) is 0 Å². The summed E-state index contributed by atoms with van der Waals surface area (Å²) in [6.07, 6.45) is 17.9. The second-order valence-electron chi connectivity index (χ2n) is 10.0. The molecule has 180 valence electrons. The second-order valence-corrected chi connectivity index (χ2v) is 10.0. The third kappa shape index (κ3) is 13.6. The van der Waals surface area contributed by atoms with Crippen molar-refractivity contribution in [1.29, 1.82) is 0 Å². The van der Waals surface area contributed by atoms with Gasteiger partial charge in [-0.1, -0.05) is 91.2 Å². The molecule has 0 aromatic heterocycles. The topological polar surface area (TPSA) is 52.6 Å². The molecule has 2 atom stereocenters. The van der Waals surface area contributed by atoms with Gasteiger partial charge in [-0.25, -0.2) is 0 Å². The van der Waals surface area contributed by atoms with Crippen LogP contribution in [0.5, 0.6) is 0 Å². The lowest BCUT2D eigenvalue weighted by atomic mass is 9.79. The normalized spacial score (nSPS) is 19.3. The summed E-state index contributed by atoms with van der Waals surface area (Å²) in [7, 11) is 0. The summed E-state index contributed by atoms with van der Waals surface area (Å²) in [6, 6.07) is 0. The minimum atomic E-state index is -0.341. The number of esters is 2. The number of allylic oxidation sites excluding steroid dienone is 1. The molecule has 4 nitrogen and oxygen atoms in total. The monoisotopic (exact) mass is 436 g/mol. The number of ether oxygens (including phenoxy) is 2. The number of carbonyl (C=O) groups is 2. The van der Waals surface area contributed by atoms with E-state index in [2.05, 4.69) is 33.8 Å². The summed E-state index contributed by atoms with van der Waals surface area (Å²) in [4.78, 5) is 25.1. The lowest BCUT2D eigenvalue weighted by Gasteiger charge is -2.28. The van der Waals surface area contributed by atoms with E-state index in [9.17, 15) is 9.59 Å². The number of hydrogen-bond donors (Lipinski definition) is 0. The van der Waals surface area contributed by atoms with Gasteiger partial charge in [0.15, 0.2) is 0 Å². The first kappa shape index (κ1) is 27.7. The smallest absolute Gasteiger partial charge is 0.310 e. The number of hydrogen-bond acceptors (Lipinski definition) is 4. The zero-order valence-electron chi connectivity index (χ0n) is 20.7. The van der Waals surface area contributed by atoms with Crippen LogP contribution in [0.15, 0.2) is 12.2 Å². The molecule has 1 aliphatic rings. The van der Waals surface area contributed by atoms with Crippen molar-refractivity contribution in [2.45, 2.75) is 111 Å². The molecule has 4 heteroatoms. The highest BCUT2D eigenvalue weighted by molar-refractivity contribution is 5.82. The van der Waals surface area contributed by atoms with Gasteiger partial charge in [-0.3, -0.25) is 9.59 Å². The SMILES string of the molecule is CC(C)CCCC/C=C\COC(=O)C1CCCCC1C(=O)OCCCCCCC(C)C. The molecule has 0 aliphatic heterocycles. The Bertz CT molecular complexity index is 509. The molecule has 0 radical (unpaired) electrons. The van der Waals surface area contributed by atoms with Gasteiger partial charge >= 0.3 is 11.9 Å². The van der Waals surface area contributed by atoms with E-state index in [1.165, 1.54) is 38.5 Å². The first-order valence-corrected chi connectivity index (χ1v) is 12.9. The van der Waals surface area contributed by atoms with Crippen LogP contribution in [0, 0.1) is 23.7 Å². The van der Waals surface area contributed by atoms with E-state index in [0.29, 0.717) is 13.2 Å². The highest BCUT2D eigenvalue weighted by Crippen LogP contribution is 2.32. The van der Waals surface area contributed by atoms with Crippen LogP contribution in [-0.2, 0) is 19.1 Å². The molecular formula is C27H48O4. The predicted molar refractivity (Wildman–Crippen MR) is 128 cm³/mol. The summed E-state index contributed by atoms with van der Waals surface area (Å²) in [5.74, 6) is 0.402. The predicted octanol–water partition coefficient (Wildman–Crippen LogP) is 7.26. The Morgan fingerprint density at radius 2 is 1.29 bits per heavy atom. The molecule has 0 heterocycles. The maximum absolute atomic E-state index is 12.6. The molecule has 0 bridgehead atoms. The first-order chi connectivity index (χ1) is 14.9. The fourth-order valence-corrected chi connectivity index (χ4v) is 4.22. The Kier molecular flexibility index (Phi) is 15.4. The van der Waals surface area contributed by atoms with E-state index < -0.39 is 0 Å². The number of unbranched alkanes of at least 4 members (excludes halogenated alkanes) is 5. The molecular weight excluding hydrogens is 388 g/mol. The van der Waals surface area contributed by atoms with Crippen LogP contribution < -0.4 is 0 Å². The molecule has 0 amide bonds. The molecule has 0 aromatic rings. The summed E-state index contributed by atoms with van der Waals surface area (Å²) in [5.41, 5.74) is 0. The van der Waals surface area contributed by atoms with E-state index in [1.54, 1.807) is 0 Å². The van der Waals surface area contributed by atoms with Gasteiger partial charge in [0.05, 0.1) is 18.4 Å². The fourth-order valence-electron chi connectivity index (χ4n) is 4.22. The summed E-state index contributed by atoms with van der Waals surface area (Å²) >= 11 is 0. The van der Waals surface area contributed by atoms with Crippen LogP contribution in [0.1, 0.15) is 111 Å². The zero-order valence-corrected chi connectivity index (χ0v) is 20.7. The van der Waals surface area contributed by atoms with Crippen LogP contribution >= 0.6 is 0 Å². The molecule has 0 saturated heterocycles. The van der Waals surface area contributed by atoms with Crippen molar-refractivity contribution < 1.29 is 19.1 Å². The van der Waals surface area contributed by atoms with Crippen molar-refractivity contribution >= 4 is 11.9 Å². The van der Waals surface area contributed by atoms with Crippen LogP contribution in [0.2, 0.25) is 0 Å². The van der Waals surface area contributed by atoms with Crippen molar-refractivity contribution in [2.75, 3.05) is 13.2 Å². The van der Waals surface area contributed by atoms with Crippen LogP contribution in [-0.4, -0.2) is 25.2 Å². The third-order valence-electron chi connectivity index (χ3n) is 6.18. The molecule has 0 aromatic carbocycles. The van der Waals surface area contributed by atoms with E-state index >= 15 is 0 Å². The molecule has 1 saturated carbocycles. The molecule has 31 heavy (non-hydrogen) atoms. The van der Waals surface area contributed by atoms with E-state index in [1.807, 2.05) is 6.08 Å². The van der Waals surface area contributed by atoms with Crippen molar-refractivity contribution in [3.8, 4) is 0 Å². The van der Waals surface area contributed by atoms with E-state index in [0.717, 1.165) is 56.8 Å². The molecule has 2 unspecified atom stereocenters. The molecule has 1 rings (SSSR count). The Balaban J connectivity index is 2.25. The Labute approximate surface area is 191 Å². The highest BCUT2D eigenvalue weighted by Gasteiger charge is 2.37. The Hall–Kier alpha value is -1.32. The summed E-state index contributed by atoms with van der Waals surface area (Å²) < 4.78 is 11.0.